The lowest BCUT2D eigenvalue weighted by Gasteiger charge is -2.27. The Morgan fingerprint density at radius 3 is 2.67 bits per heavy atom. The lowest BCUT2D eigenvalue weighted by molar-refractivity contribution is 0.0956. The number of rotatable bonds is 4. The third-order valence-electron chi connectivity index (χ3n) is 4.18. The fourth-order valence-corrected chi connectivity index (χ4v) is 2.88. The van der Waals surface area contributed by atoms with E-state index >= 15 is 0 Å². The molecule has 1 aliphatic heterocycles. The Hall–Kier alpha value is -0.860. The first kappa shape index (κ1) is 13.6. The van der Waals surface area contributed by atoms with Gasteiger partial charge in [-0.1, -0.05) is 25.1 Å². The average Bonchev–Trinajstić information content (AvgIpc) is 2.76. The Balaban J connectivity index is 2.25. The van der Waals surface area contributed by atoms with E-state index in [1.807, 2.05) is 0 Å². The predicted molar refractivity (Wildman–Crippen MR) is 75.9 cm³/mol. The summed E-state index contributed by atoms with van der Waals surface area (Å²) in [6.45, 7) is 10.6. The first-order valence-corrected chi connectivity index (χ1v) is 7.05. The normalized spacial score (nSPS) is 25.3. The maximum Gasteiger partial charge on any atom is 0.0594 e. The molecule has 3 atom stereocenters. The summed E-state index contributed by atoms with van der Waals surface area (Å²) in [5.74, 6) is 0.590. The van der Waals surface area contributed by atoms with Gasteiger partial charge in [0.15, 0.2) is 0 Å². The van der Waals surface area contributed by atoms with Crippen molar-refractivity contribution in [3.8, 4) is 0 Å². The van der Waals surface area contributed by atoms with E-state index in [2.05, 4.69) is 51.2 Å². The summed E-state index contributed by atoms with van der Waals surface area (Å²) in [6.07, 6.45) is 1.52. The highest BCUT2D eigenvalue weighted by Crippen LogP contribution is 2.33. The molecule has 0 radical (unpaired) electrons. The van der Waals surface area contributed by atoms with E-state index in [0.29, 0.717) is 18.1 Å². The summed E-state index contributed by atoms with van der Waals surface area (Å²) in [6, 6.07) is 7.25. The quantitative estimate of drug-likeness (QED) is 0.880. The highest BCUT2D eigenvalue weighted by atomic mass is 16.5. The fourth-order valence-electron chi connectivity index (χ4n) is 2.88. The molecule has 0 bridgehead atoms. The first-order valence-electron chi connectivity index (χ1n) is 7.05. The van der Waals surface area contributed by atoms with Crippen molar-refractivity contribution in [1.29, 1.82) is 0 Å². The first-order chi connectivity index (χ1) is 8.63. The molecule has 1 fully saturated rings. The van der Waals surface area contributed by atoms with Crippen molar-refractivity contribution in [3.05, 3.63) is 34.9 Å². The van der Waals surface area contributed by atoms with Gasteiger partial charge in [-0.15, -0.1) is 0 Å². The van der Waals surface area contributed by atoms with Crippen molar-refractivity contribution >= 4 is 0 Å². The van der Waals surface area contributed by atoms with Gasteiger partial charge >= 0.3 is 0 Å². The van der Waals surface area contributed by atoms with E-state index in [-0.39, 0.29) is 0 Å². The monoisotopic (exact) mass is 247 g/mol. The molecule has 1 aromatic rings. The van der Waals surface area contributed by atoms with Crippen LogP contribution in [0.15, 0.2) is 18.2 Å². The van der Waals surface area contributed by atoms with Crippen LogP contribution in [-0.2, 0) is 4.74 Å². The second-order valence-corrected chi connectivity index (χ2v) is 5.41. The summed E-state index contributed by atoms with van der Waals surface area (Å²) in [4.78, 5) is 0. The van der Waals surface area contributed by atoms with Gasteiger partial charge in [0.1, 0.15) is 0 Å². The van der Waals surface area contributed by atoms with Crippen molar-refractivity contribution in [2.45, 2.75) is 46.3 Å². The molecular formula is C16H25NO. The Bertz CT molecular complexity index is 402. The van der Waals surface area contributed by atoms with Crippen LogP contribution in [0.2, 0.25) is 0 Å². The second kappa shape index (κ2) is 5.85. The predicted octanol–water partition coefficient (Wildman–Crippen LogP) is 3.38. The number of benzene rings is 1. The molecule has 1 aromatic carbocycles. The van der Waals surface area contributed by atoms with Crippen LogP contribution in [0, 0.1) is 19.8 Å². The second-order valence-electron chi connectivity index (χ2n) is 5.41. The van der Waals surface area contributed by atoms with Crippen molar-refractivity contribution in [3.63, 3.8) is 0 Å². The van der Waals surface area contributed by atoms with Gasteiger partial charge < -0.3 is 10.1 Å². The minimum Gasteiger partial charge on any atom is -0.378 e. The van der Waals surface area contributed by atoms with E-state index in [4.69, 9.17) is 4.74 Å². The average molecular weight is 247 g/mol. The summed E-state index contributed by atoms with van der Waals surface area (Å²) < 4.78 is 5.73. The minimum atomic E-state index is 0.357. The Kier molecular flexibility index (Phi) is 4.41. The Labute approximate surface area is 111 Å². The molecule has 0 aromatic heterocycles. The summed E-state index contributed by atoms with van der Waals surface area (Å²) in [5.41, 5.74) is 4.15. The highest BCUT2D eigenvalue weighted by Gasteiger charge is 2.32. The van der Waals surface area contributed by atoms with Crippen molar-refractivity contribution < 1.29 is 4.74 Å². The van der Waals surface area contributed by atoms with Gasteiger partial charge in [-0.3, -0.25) is 0 Å². The maximum absolute atomic E-state index is 5.73. The van der Waals surface area contributed by atoms with Gasteiger partial charge in [0.2, 0.25) is 0 Å². The maximum atomic E-state index is 5.73. The number of hydrogen-bond acceptors (Lipinski definition) is 2. The van der Waals surface area contributed by atoms with E-state index in [0.717, 1.165) is 19.6 Å². The SMILES string of the molecule is CCNC(c1ccc(C)c(C)c1)C1CCOC1C. The van der Waals surface area contributed by atoms with E-state index in [1.165, 1.54) is 16.7 Å². The van der Waals surface area contributed by atoms with Gasteiger partial charge in [0.25, 0.3) is 0 Å². The van der Waals surface area contributed by atoms with Crippen LogP contribution in [0.25, 0.3) is 0 Å². The third kappa shape index (κ3) is 2.76. The van der Waals surface area contributed by atoms with Gasteiger partial charge in [0.05, 0.1) is 6.10 Å². The molecule has 100 valence electrons. The lowest BCUT2D eigenvalue weighted by Crippen LogP contribution is -2.31. The van der Waals surface area contributed by atoms with Crippen LogP contribution >= 0.6 is 0 Å². The zero-order chi connectivity index (χ0) is 13.1. The molecule has 18 heavy (non-hydrogen) atoms. The Morgan fingerprint density at radius 1 is 1.33 bits per heavy atom. The van der Waals surface area contributed by atoms with Crippen LogP contribution in [0.5, 0.6) is 0 Å². The number of hydrogen-bond donors (Lipinski definition) is 1. The third-order valence-corrected chi connectivity index (χ3v) is 4.18. The summed E-state index contributed by atoms with van der Waals surface area (Å²) in [5, 5.41) is 3.64. The van der Waals surface area contributed by atoms with Gasteiger partial charge in [-0.2, -0.15) is 0 Å². The number of ether oxygens (including phenoxy) is 1. The van der Waals surface area contributed by atoms with Crippen LogP contribution in [0.4, 0.5) is 0 Å². The molecule has 2 heteroatoms. The smallest absolute Gasteiger partial charge is 0.0594 e. The minimum absolute atomic E-state index is 0.357. The Morgan fingerprint density at radius 2 is 2.11 bits per heavy atom. The van der Waals surface area contributed by atoms with E-state index in [9.17, 15) is 0 Å². The van der Waals surface area contributed by atoms with E-state index in [1.54, 1.807) is 0 Å². The van der Waals surface area contributed by atoms with Gasteiger partial charge in [-0.25, -0.2) is 0 Å². The molecule has 2 rings (SSSR count). The molecule has 0 amide bonds. The molecule has 1 saturated heterocycles. The number of nitrogens with one attached hydrogen (secondary N) is 1. The molecule has 1 N–H and O–H groups in total. The molecule has 3 unspecified atom stereocenters. The van der Waals surface area contributed by atoms with Crippen molar-refractivity contribution in [2.75, 3.05) is 13.2 Å². The number of aryl methyl sites for hydroxylation is 2. The molecule has 1 aliphatic rings. The molecule has 2 nitrogen and oxygen atoms in total. The van der Waals surface area contributed by atoms with Crippen LogP contribution in [0.3, 0.4) is 0 Å². The van der Waals surface area contributed by atoms with Crippen LogP contribution < -0.4 is 5.32 Å². The van der Waals surface area contributed by atoms with E-state index < -0.39 is 0 Å². The molecule has 0 spiro atoms. The zero-order valence-corrected chi connectivity index (χ0v) is 12.0. The van der Waals surface area contributed by atoms with Crippen molar-refractivity contribution in [1.82, 2.24) is 5.32 Å². The summed E-state index contributed by atoms with van der Waals surface area (Å²) in [7, 11) is 0. The van der Waals surface area contributed by atoms with Crippen LogP contribution in [-0.4, -0.2) is 19.3 Å². The van der Waals surface area contributed by atoms with Crippen molar-refractivity contribution in [2.24, 2.45) is 5.92 Å². The molecule has 0 saturated carbocycles. The molecule has 1 heterocycles. The van der Waals surface area contributed by atoms with Gasteiger partial charge in [0, 0.05) is 18.6 Å². The standard InChI is InChI=1S/C16H25NO/c1-5-17-16(15-8-9-18-13(15)4)14-7-6-11(2)12(3)10-14/h6-7,10,13,15-17H,5,8-9H2,1-4H3. The van der Waals surface area contributed by atoms with Crippen LogP contribution in [0.1, 0.15) is 43.0 Å². The molecular weight excluding hydrogens is 222 g/mol. The topological polar surface area (TPSA) is 21.3 Å². The fraction of sp³-hybridized carbons (Fsp3) is 0.625. The largest absolute Gasteiger partial charge is 0.378 e. The molecule has 0 aliphatic carbocycles. The highest BCUT2D eigenvalue weighted by molar-refractivity contribution is 5.32. The zero-order valence-electron chi connectivity index (χ0n) is 12.0. The lowest BCUT2D eigenvalue weighted by atomic mass is 9.87. The summed E-state index contributed by atoms with van der Waals surface area (Å²) >= 11 is 0. The van der Waals surface area contributed by atoms with Gasteiger partial charge in [-0.05, 0) is 50.4 Å².